The number of hydrogen-bond acceptors (Lipinski definition) is 6. The summed E-state index contributed by atoms with van der Waals surface area (Å²) < 4.78 is 0. The van der Waals surface area contributed by atoms with Crippen LogP contribution in [-0.2, 0) is 20.9 Å². The predicted octanol–water partition coefficient (Wildman–Crippen LogP) is 1.64. The lowest BCUT2D eigenvalue weighted by Crippen LogP contribution is -2.32. The third-order valence-electron chi connectivity index (χ3n) is 5.03. The average Bonchev–Trinajstić information content (AvgIpc) is 3.40. The van der Waals surface area contributed by atoms with Gasteiger partial charge < -0.3 is 10.2 Å². The number of nitrogens with one attached hydrogen (secondary N) is 1. The van der Waals surface area contributed by atoms with Crippen molar-refractivity contribution < 1.29 is 14.4 Å². The van der Waals surface area contributed by atoms with E-state index < -0.39 is 5.92 Å². The molecule has 2 fully saturated rings. The lowest BCUT2D eigenvalue weighted by atomic mass is 10.1. The summed E-state index contributed by atoms with van der Waals surface area (Å²) in [5.41, 5.74) is 1.84. The fraction of sp³-hybridized carbons (Fsp3) is 0.421. The second-order valence-electron chi connectivity index (χ2n) is 7.04. The van der Waals surface area contributed by atoms with Gasteiger partial charge in [-0.1, -0.05) is 23.5 Å². The van der Waals surface area contributed by atoms with Crippen molar-refractivity contribution in [3.05, 3.63) is 34.8 Å². The van der Waals surface area contributed by atoms with Crippen LogP contribution < -0.4 is 15.1 Å². The minimum atomic E-state index is -0.391. The molecular formula is C19H21N5O3S. The van der Waals surface area contributed by atoms with Crippen molar-refractivity contribution in [3.63, 3.8) is 0 Å². The molecule has 1 N–H and O–H groups in total. The predicted molar refractivity (Wildman–Crippen MR) is 105 cm³/mol. The molecule has 0 radical (unpaired) electrons. The van der Waals surface area contributed by atoms with Gasteiger partial charge in [-0.2, -0.15) is 0 Å². The molecule has 2 aliphatic rings. The Kier molecular flexibility index (Phi) is 5.08. The van der Waals surface area contributed by atoms with E-state index in [0.29, 0.717) is 24.6 Å². The van der Waals surface area contributed by atoms with Gasteiger partial charge in [0.15, 0.2) is 0 Å². The van der Waals surface area contributed by atoms with Gasteiger partial charge in [-0.05, 0) is 31.0 Å². The number of aromatic nitrogens is 2. The van der Waals surface area contributed by atoms with Crippen molar-refractivity contribution >= 4 is 39.9 Å². The van der Waals surface area contributed by atoms with Crippen molar-refractivity contribution in [2.75, 3.05) is 22.9 Å². The van der Waals surface area contributed by atoms with E-state index in [-0.39, 0.29) is 24.1 Å². The second-order valence-corrected chi connectivity index (χ2v) is 8.20. The molecule has 146 valence electrons. The molecule has 2 aromatic rings. The molecule has 28 heavy (non-hydrogen) atoms. The highest BCUT2D eigenvalue weighted by atomic mass is 32.1. The molecule has 9 heteroatoms. The summed E-state index contributed by atoms with van der Waals surface area (Å²) in [6.45, 7) is 3.30. The van der Waals surface area contributed by atoms with Gasteiger partial charge in [-0.25, -0.2) is 0 Å². The Morgan fingerprint density at radius 2 is 1.96 bits per heavy atom. The van der Waals surface area contributed by atoms with Gasteiger partial charge in [0.1, 0.15) is 5.01 Å². The maximum Gasteiger partial charge on any atom is 0.229 e. The topological polar surface area (TPSA) is 95.5 Å². The number of aryl methyl sites for hydroxylation is 1. The van der Waals surface area contributed by atoms with Crippen LogP contribution in [0.15, 0.2) is 24.3 Å². The second kappa shape index (κ2) is 7.67. The van der Waals surface area contributed by atoms with E-state index in [0.717, 1.165) is 29.2 Å². The van der Waals surface area contributed by atoms with Crippen LogP contribution in [0.2, 0.25) is 0 Å². The number of carbonyl (C=O) groups is 3. The van der Waals surface area contributed by atoms with Crippen LogP contribution in [0.5, 0.6) is 0 Å². The standard InChI is InChI=1S/C19H21N5O3S/c1-12-21-22-19(28-12)24-11-14(9-17(24)26)18(27)20-10-13-4-6-15(7-5-13)23-8-2-3-16(23)25/h4-7,14H,2-3,8-11H2,1H3,(H,20,27). The van der Waals surface area contributed by atoms with Crippen LogP contribution in [0.4, 0.5) is 10.8 Å². The van der Waals surface area contributed by atoms with E-state index >= 15 is 0 Å². The van der Waals surface area contributed by atoms with Gasteiger partial charge in [-0.3, -0.25) is 19.3 Å². The Labute approximate surface area is 166 Å². The lowest BCUT2D eigenvalue weighted by molar-refractivity contribution is -0.126. The molecule has 4 rings (SSSR count). The fourth-order valence-corrected chi connectivity index (χ4v) is 4.23. The van der Waals surface area contributed by atoms with Crippen molar-refractivity contribution in [2.24, 2.45) is 5.92 Å². The monoisotopic (exact) mass is 399 g/mol. The van der Waals surface area contributed by atoms with Crippen LogP contribution in [0.3, 0.4) is 0 Å². The summed E-state index contributed by atoms with van der Waals surface area (Å²) in [7, 11) is 0. The zero-order valence-electron chi connectivity index (χ0n) is 15.6. The molecule has 1 aromatic carbocycles. The third-order valence-corrected chi connectivity index (χ3v) is 5.89. The number of nitrogens with zero attached hydrogens (tertiary/aromatic N) is 4. The van der Waals surface area contributed by atoms with E-state index in [1.54, 1.807) is 4.90 Å². The molecule has 0 saturated carbocycles. The lowest BCUT2D eigenvalue weighted by Gasteiger charge is -2.16. The van der Waals surface area contributed by atoms with Crippen LogP contribution in [0, 0.1) is 12.8 Å². The van der Waals surface area contributed by atoms with Gasteiger partial charge in [0.05, 0.1) is 5.92 Å². The maximum absolute atomic E-state index is 12.5. The molecular weight excluding hydrogens is 378 g/mol. The normalized spacial score (nSPS) is 19.5. The first kappa shape index (κ1) is 18.5. The first-order valence-electron chi connectivity index (χ1n) is 9.29. The Morgan fingerprint density at radius 1 is 1.18 bits per heavy atom. The van der Waals surface area contributed by atoms with Crippen LogP contribution >= 0.6 is 11.3 Å². The summed E-state index contributed by atoms with van der Waals surface area (Å²) in [4.78, 5) is 39.8. The van der Waals surface area contributed by atoms with Gasteiger partial charge in [0.2, 0.25) is 22.9 Å². The minimum absolute atomic E-state index is 0.101. The van der Waals surface area contributed by atoms with E-state index in [1.165, 1.54) is 16.2 Å². The van der Waals surface area contributed by atoms with E-state index in [9.17, 15) is 14.4 Å². The molecule has 0 spiro atoms. The molecule has 1 aromatic heterocycles. The summed E-state index contributed by atoms with van der Waals surface area (Å²) in [6, 6.07) is 7.64. The van der Waals surface area contributed by atoms with Gasteiger partial charge in [0, 0.05) is 38.2 Å². The van der Waals surface area contributed by atoms with Crippen molar-refractivity contribution in [1.29, 1.82) is 0 Å². The zero-order chi connectivity index (χ0) is 19.7. The molecule has 3 heterocycles. The smallest absolute Gasteiger partial charge is 0.229 e. The molecule has 0 bridgehead atoms. The number of hydrogen-bond donors (Lipinski definition) is 1. The summed E-state index contributed by atoms with van der Waals surface area (Å²) in [6.07, 6.45) is 1.68. The molecule has 8 nitrogen and oxygen atoms in total. The highest BCUT2D eigenvalue weighted by molar-refractivity contribution is 7.15. The molecule has 2 saturated heterocycles. The average molecular weight is 399 g/mol. The molecule has 3 amide bonds. The first-order chi connectivity index (χ1) is 13.5. The van der Waals surface area contributed by atoms with Crippen molar-refractivity contribution in [3.8, 4) is 0 Å². The zero-order valence-corrected chi connectivity index (χ0v) is 16.4. The summed E-state index contributed by atoms with van der Waals surface area (Å²) >= 11 is 1.35. The van der Waals surface area contributed by atoms with Gasteiger partial charge in [-0.15, -0.1) is 10.2 Å². The van der Waals surface area contributed by atoms with E-state index in [1.807, 2.05) is 31.2 Å². The third kappa shape index (κ3) is 3.75. The molecule has 1 unspecified atom stereocenters. The Morgan fingerprint density at radius 3 is 2.61 bits per heavy atom. The van der Waals surface area contributed by atoms with Crippen molar-refractivity contribution in [1.82, 2.24) is 15.5 Å². The van der Waals surface area contributed by atoms with Crippen molar-refractivity contribution in [2.45, 2.75) is 32.7 Å². The van der Waals surface area contributed by atoms with Crippen LogP contribution in [-0.4, -0.2) is 41.0 Å². The van der Waals surface area contributed by atoms with E-state index in [2.05, 4.69) is 15.5 Å². The van der Waals surface area contributed by atoms with Gasteiger partial charge >= 0.3 is 0 Å². The molecule has 1 atom stereocenters. The summed E-state index contributed by atoms with van der Waals surface area (Å²) in [5.74, 6) is -0.479. The van der Waals surface area contributed by atoms with Crippen LogP contribution in [0.25, 0.3) is 0 Å². The Balaban J connectivity index is 1.32. The summed E-state index contributed by atoms with van der Waals surface area (Å²) in [5, 5.41) is 12.2. The number of carbonyl (C=O) groups excluding carboxylic acids is 3. The first-order valence-corrected chi connectivity index (χ1v) is 10.1. The van der Waals surface area contributed by atoms with Gasteiger partial charge in [0.25, 0.3) is 0 Å². The number of benzene rings is 1. The fourth-order valence-electron chi connectivity index (χ4n) is 3.51. The highest BCUT2D eigenvalue weighted by Gasteiger charge is 2.36. The SMILES string of the molecule is Cc1nnc(N2CC(C(=O)NCc3ccc(N4CCCC4=O)cc3)CC2=O)s1. The molecule has 2 aliphatic heterocycles. The number of anilines is 2. The van der Waals surface area contributed by atoms with Crippen LogP contribution in [0.1, 0.15) is 29.8 Å². The maximum atomic E-state index is 12.5. The molecule has 0 aliphatic carbocycles. The Hall–Kier alpha value is -2.81. The van der Waals surface area contributed by atoms with E-state index in [4.69, 9.17) is 0 Å². The minimum Gasteiger partial charge on any atom is -0.352 e. The Bertz CT molecular complexity index is 911. The highest BCUT2D eigenvalue weighted by Crippen LogP contribution is 2.27. The largest absolute Gasteiger partial charge is 0.352 e. The number of amides is 3. The number of rotatable bonds is 5. The quantitative estimate of drug-likeness (QED) is 0.825.